The van der Waals surface area contributed by atoms with E-state index in [1.165, 1.54) is 18.6 Å². The van der Waals surface area contributed by atoms with Gasteiger partial charge in [0.05, 0.1) is 18.0 Å². The van der Waals surface area contributed by atoms with Crippen LogP contribution in [-0.4, -0.2) is 23.4 Å². The zero-order valence-corrected chi connectivity index (χ0v) is 14.4. The third-order valence-corrected chi connectivity index (χ3v) is 6.62. The van der Waals surface area contributed by atoms with Gasteiger partial charge >= 0.3 is 5.97 Å². The summed E-state index contributed by atoms with van der Waals surface area (Å²) in [6.45, 7) is 0. The van der Waals surface area contributed by atoms with E-state index in [0.29, 0.717) is 0 Å². The van der Waals surface area contributed by atoms with E-state index in [-0.39, 0.29) is 22.7 Å². The lowest BCUT2D eigenvalue weighted by atomic mass is 9.53. The molecule has 3 aliphatic rings. The van der Waals surface area contributed by atoms with Gasteiger partial charge in [-0.05, 0) is 68.3 Å². The van der Waals surface area contributed by atoms with Gasteiger partial charge in [-0.3, -0.25) is 9.59 Å². The average Bonchev–Trinajstić information content (AvgIpc) is 3.10. The molecule has 0 atom stereocenters. The van der Waals surface area contributed by atoms with Crippen LogP contribution in [0.2, 0.25) is 0 Å². The van der Waals surface area contributed by atoms with Gasteiger partial charge in [0.2, 0.25) is 5.91 Å². The molecule has 0 saturated heterocycles. The van der Waals surface area contributed by atoms with E-state index in [0.717, 1.165) is 55.1 Å². The van der Waals surface area contributed by atoms with E-state index in [9.17, 15) is 9.59 Å². The maximum Gasteiger partial charge on any atom is 0.311 e. The highest BCUT2D eigenvalue weighted by Crippen LogP contribution is 2.57. The monoisotopic (exact) mass is 344 g/mol. The van der Waals surface area contributed by atoms with E-state index in [1.54, 1.807) is 0 Å². The number of benzene rings is 1. The van der Waals surface area contributed by atoms with Gasteiger partial charge in [0, 0.05) is 21.9 Å². The van der Waals surface area contributed by atoms with Gasteiger partial charge in [-0.15, -0.1) is 0 Å². The van der Waals surface area contributed by atoms with Crippen molar-refractivity contribution in [2.45, 2.75) is 38.5 Å². The van der Waals surface area contributed by atoms with Gasteiger partial charge < -0.3 is 10.1 Å². The molecule has 3 fully saturated rings. The number of methoxy groups -OCH3 is 1. The Kier molecular flexibility index (Phi) is 3.60. The molecule has 1 aromatic carbocycles. The molecule has 6 heteroatoms. The second-order valence-electron chi connectivity index (χ2n) is 7.09. The first-order chi connectivity index (χ1) is 11.6. The summed E-state index contributed by atoms with van der Waals surface area (Å²) in [6, 6.07) is 5.81. The second-order valence-corrected chi connectivity index (χ2v) is 7.72. The average molecular weight is 344 g/mol. The molecule has 3 saturated carbocycles. The van der Waals surface area contributed by atoms with Gasteiger partial charge in [-0.25, -0.2) is 0 Å². The third kappa shape index (κ3) is 2.32. The van der Waals surface area contributed by atoms with Gasteiger partial charge in [0.1, 0.15) is 0 Å². The summed E-state index contributed by atoms with van der Waals surface area (Å²) < 4.78 is 9.27. The number of nitrogens with one attached hydrogen (secondary N) is 1. The van der Waals surface area contributed by atoms with Crippen molar-refractivity contribution in [3.63, 3.8) is 0 Å². The minimum absolute atomic E-state index is 0.0863. The van der Waals surface area contributed by atoms with Crippen LogP contribution < -0.4 is 5.32 Å². The molecule has 3 aliphatic carbocycles. The number of esters is 1. The summed E-state index contributed by atoms with van der Waals surface area (Å²) in [4.78, 5) is 25.0. The van der Waals surface area contributed by atoms with Crippen LogP contribution in [-0.2, 0) is 14.3 Å². The number of carbonyl (C=O) groups is 2. The third-order valence-electron chi connectivity index (χ3n) is 5.96. The summed E-state index contributed by atoms with van der Waals surface area (Å²) in [6.07, 6.45) is 4.53. The Morgan fingerprint density at radius 3 is 2.46 bits per heavy atom. The van der Waals surface area contributed by atoms with Gasteiger partial charge in [-0.2, -0.15) is 4.37 Å². The fraction of sp³-hybridized carbons (Fsp3) is 0.500. The molecule has 0 radical (unpaired) electrons. The molecular weight excluding hydrogens is 324 g/mol. The number of fused-ring (bicyclic) bond motifs is 4. The number of aromatic nitrogens is 1. The Bertz CT molecular complexity index is 789. The smallest absolute Gasteiger partial charge is 0.311 e. The van der Waals surface area contributed by atoms with Crippen LogP contribution in [0.15, 0.2) is 23.6 Å². The first-order valence-corrected chi connectivity index (χ1v) is 9.15. The van der Waals surface area contributed by atoms with E-state index in [4.69, 9.17) is 4.74 Å². The van der Waals surface area contributed by atoms with Crippen molar-refractivity contribution < 1.29 is 14.3 Å². The molecule has 1 N–H and O–H groups in total. The lowest BCUT2D eigenvalue weighted by Crippen LogP contribution is -2.51. The Labute approximate surface area is 144 Å². The quantitative estimate of drug-likeness (QED) is 0.861. The topological polar surface area (TPSA) is 68.3 Å². The first kappa shape index (κ1) is 15.6. The summed E-state index contributed by atoms with van der Waals surface area (Å²) in [5, 5.41) is 6.12. The number of anilines is 1. The molecule has 5 rings (SSSR count). The van der Waals surface area contributed by atoms with Gasteiger partial charge in [0.15, 0.2) is 0 Å². The lowest BCUT2D eigenvalue weighted by Gasteiger charge is -2.50. The summed E-state index contributed by atoms with van der Waals surface area (Å²) >= 11 is 1.42. The fourth-order valence-electron chi connectivity index (χ4n) is 4.26. The first-order valence-electron chi connectivity index (χ1n) is 8.31. The minimum Gasteiger partial charge on any atom is -0.469 e. The van der Waals surface area contributed by atoms with Crippen LogP contribution in [0.5, 0.6) is 0 Å². The van der Waals surface area contributed by atoms with Crippen LogP contribution in [0.25, 0.3) is 10.9 Å². The summed E-state index contributed by atoms with van der Waals surface area (Å²) in [5.74, 6) is -0.0187. The Hall–Kier alpha value is -1.95. The van der Waals surface area contributed by atoms with Crippen molar-refractivity contribution in [2.75, 3.05) is 12.4 Å². The lowest BCUT2D eigenvalue weighted by molar-refractivity contribution is -0.165. The van der Waals surface area contributed by atoms with E-state index >= 15 is 0 Å². The number of nitrogens with zero attached hydrogens (tertiary/aromatic N) is 1. The standard InChI is InChI=1S/C18H20N2O3S/c1-23-16(22)18-7-4-17(5-8-18,6-9-18)15(21)19-13-2-3-14-12(10-13)11-24-20-14/h2-3,10-11H,4-9H2,1H3,(H,19,21). The maximum absolute atomic E-state index is 12.9. The van der Waals surface area contributed by atoms with Crippen LogP contribution in [0.3, 0.4) is 0 Å². The normalized spacial score (nSPS) is 28.7. The molecule has 126 valence electrons. The number of hydrogen-bond donors (Lipinski definition) is 1. The molecule has 2 aromatic rings. The van der Waals surface area contributed by atoms with Crippen LogP contribution in [0.1, 0.15) is 38.5 Å². The molecule has 2 bridgehead atoms. The van der Waals surface area contributed by atoms with Crippen molar-refractivity contribution in [3.8, 4) is 0 Å². The zero-order valence-electron chi connectivity index (χ0n) is 13.6. The highest BCUT2D eigenvalue weighted by molar-refractivity contribution is 7.04. The van der Waals surface area contributed by atoms with Gasteiger partial charge in [-0.1, -0.05) is 0 Å². The summed E-state index contributed by atoms with van der Waals surface area (Å²) in [5.41, 5.74) is 1.09. The second kappa shape index (κ2) is 5.55. The molecule has 24 heavy (non-hydrogen) atoms. The molecule has 0 unspecified atom stereocenters. The number of ether oxygens (including phenoxy) is 1. The number of hydrogen-bond acceptors (Lipinski definition) is 5. The highest BCUT2D eigenvalue weighted by atomic mass is 32.1. The van der Waals surface area contributed by atoms with Crippen molar-refractivity contribution in [1.82, 2.24) is 4.37 Å². The fourth-order valence-corrected chi connectivity index (χ4v) is 4.90. The summed E-state index contributed by atoms with van der Waals surface area (Å²) in [7, 11) is 1.45. The largest absolute Gasteiger partial charge is 0.469 e. The van der Waals surface area contributed by atoms with Crippen molar-refractivity contribution in [3.05, 3.63) is 23.6 Å². The van der Waals surface area contributed by atoms with E-state index in [2.05, 4.69) is 9.69 Å². The van der Waals surface area contributed by atoms with Crippen molar-refractivity contribution in [1.29, 1.82) is 0 Å². The predicted molar refractivity (Wildman–Crippen MR) is 92.8 cm³/mol. The van der Waals surface area contributed by atoms with Crippen molar-refractivity contribution >= 4 is 40.0 Å². The zero-order chi connectivity index (χ0) is 16.8. The van der Waals surface area contributed by atoms with Crippen LogP contribution in [0, 0.1) is 10.8 Å². The van der Waals surface area contributed by atoms with Crippen LogP contribution >= 0.6 is 11.5 Å². The number of carbonyl (C=O) groups excluding carboxylic acids is 2. The maximum atomic E-state index is 12.9. The molecule has 1 aromatic heterocycles. The Morgan fingerprint density at radius 2 is 1.79 bits per heavy atom. The van der Waals surface area contributed by atoms with Crippen molar-refractivity contribution in [2.24, 2.45) is 10.8 Å². The molecule has 5 nitrogen and oxygen atoms in total. The SMILES string of the molecule is COC(=O)C12CCC(C(=O)Nc3ccc4nscc4c3)(CC1)CC2. The molecule has 1 amide bonds. The number of amides is 1. The molecule has 1 heterocycles. The number of rotatable bonds is 3. The van der Waals surface area contributed by atoms with E-state index < -0.39 is 0 Å². The minimum atomic E-state index is -0.349. The highest BCUT2D eigenvalue weighted by Gasteiger charge is 2.56. The predicted octanol–water partition coefficient (Wildman–Crippen LogP) is 3.75. The Balaban J connectivity index is 1.50. The van der Waals surface area contributed by atoms with Crippen LogP contribution in [0.4, 0.5) is 5.69 Å². The molecular formula is C18H20N2O3S. The Morgan fingerprint density at radius 1 is 1.12 bits per heavy atom. The van der Waals surface area contributed by atoms with Gasteiger partial charge in [0.25, 0.3) is 0 Å². The van der Waals surface area contributed by atoms with E-state index in [1.807, 2.05) is 23.6 Å². The molecule has 0 aliphatic heterocycles. The molecule has 0 spiro atoms.